The fourth-order valence-corrected chi connectivity index (χ4v) is 2.44. The molecule has 0 aliphatic heterocycles. The second-order valence-corrected chi connectivity index (χ2v) is 6.49. The van der Waals surface area contributed by atoms with Gasteiger partial charge in [0, 0.05) is 12.1 Å². The maximum absolute atomic E-state index is 12.4. The number of ether oxygens (including phenoxy) is 3. The van der Waals surface area contributed by atoms with E-state index in [0.29, 0.717) is 0 Å². The third kappa shape index (κ3) is 8.65. The molecule has 2 rings (SSSR count). The van der Waals surface area contributed by atoms with Gasteiger partial charge in [-0.3, -0.25) is 19.7 Å². The van der Waals surface area contributed by atoms with Gasteiger partial charge < -0.3 is 24.8 Å². The minimum absolute atomic E-state index is 0.000815. The molecule has 2 N–H and O–H groups in total. The number of carbonyl (C=O) groups is 4. The van der Waals surface area contributed by atoms with E-state index in [1.54, 1.807) is 24.3 Å². The van der Waals surface area contributed by atoms with Crippen LogP contribution in [0.25, 0.3) is 0 Å². The fourth-order valence-electron chi connectivity index (χ4n) is 2.44. The molecular formula is C21H21N3O9. The molecule has 12 nitrogen and oxygen atoms in total. The predicted molar refractivity (Wildman–Crippen MR) is 112 cm³/mol. The number of hydrogen-bond acceptors (Lipinski definition) is 9. The molecule has 0 heterocycles. The van der Waals surface area contributed by atoms with Crippen LogP contribution < -0.4 is 15.4 Å². The van der Waals surface area contributed by atoms with Crippen LogP contribution in [0.2, 0.25) is 0 Å². The first-order valence-electron chi connectivity index (χ1n) is 9.55. The van der Waals surface area contributed by atoms with Gasteiger partial charge in [-0.15, -0.1) is 0 Å². The Balaban J connectivity index is 1.89. The van der Waals surface area contributed by atoms with Crippen LogP contribution in [-0.4, -0.2) is 48.6 Å². The minimum Gasteiger partial charge on any atom is -0.469 e. The molecule has 0 aliphatic rings. The molecule has 2 aromatic rings. The molecule has 0 radical (unpaired) electrons. The maximum Gasteiger partial charge on any atom is 0.407 e. The van der Waals surface area contributed by atoms with Crippen molar-refractivity contribution in [2.24, 2.45) is 0 Å². The topological polar surface area (TPSA) is 163 Å². The Bertz CT molecular complexity index is 994. The molecule has 0 spiro atoms. The van der Waals surface area contributed by atoms with Crippen LogP contribution in [0.3, 0.4) is 0 Å². The van der Waals surface area contributed by atoms with Gasteiger partial charge in [0.15, 0.2) is 0 Å². The standard InChI is InChI=1S/C21H21N3O9/c1-31-19(26)11-17(20(27)33-16-9-7-15(8-10-16)24(29)30)23-18(25)12-22-21(28)32-13-14-5-3-2-4-6-14/h2-10,17H,11-13H2,1H3,(H,22,28)(H,23,25)/t17-/m0/s1. The van der Waals surface area contributed by atoms with Crippen LogP contribution in [0.4, 0.5) is 10.5 Å². The summed E-state index contributed by atoms with van der Waals surface area (Å²) in [5, 5.41) is 15.2. The zero-order chi connectivity index (χ0) is 24.2. The molecule has 0 bridgehead atoms. The highest BCUT2D eigenvalue weighted by atomic mass is 16.6. The third-order valence-electron chi connectivity index (χ3n) is 4.09. The lowest BCUT2D eigenvalue weighted by Crippen LogP contribution is -2.48. The summed E-state index contributed by atoms with van der Waals surface area (Å²) in [4.78, 5) is 58.0. The Kier molecular flexibility index (Phi) is 9.31. The Morgan fingerprint density at radius 1 is 1.03 bits per heavy atom. The summed E-state index contributed by atoms with van der Waals surface area (Å²) < 4.78 is 14.6. The van der Waals surface area contributed by atoms with E-state index in [-0.39, 0.29) is 18.0 Å². The highest BCUT2D eigenvalue weighted by Gasteiger charge is 2.26. The van der Waals surface area contributed by atoms with Gasteiger partial charge in [0.2, 0.25) is 5.91 Å². The number of hydrogen-bond donors (Lipinski definition) is 2. The number of alkyl carbamates (subject to hydrolysis) is 1. The Labute approximate surface area is 188 Å². The summed E-state index contributed by atoms with van der Waals surface area (Å²) in [6.45, 7) is -0.531. The number of benzene rings is 2. The number of carbonyl (C=O) groups excluding carboxylic acids is 4. The van der Waals surface area contributed by atoms with Gasteiger partial charge in [0.25, 0.3) is 5.69 Å². The van der Waals surface area contributed by atoms with Gasteiger partial charge in [0.05, 0.1) is 18.5 Å². The third-order valence-corrected chi connectivity index (χ3v) is 4.09. The van der Waals surface area contributed by atoms with E-state index in [2.05, 4.69) is 15.4 Å². The molecule has 12 heteroatoms. The molecule has 0 fully saturated rings. The molecule has 2 amide bonds. The molecular weight excluding hydrogens is 438 g/mol. The summed E-state index contributed by atoms with van der Waals surface area (Å²) in [6, 6.07) is 12.1. The van der Waals surface area contributed by atoms with Crippen LogP contribution in [-0.2, 0) is 30.5 Å². The smallest absolute Gasteiger partial charge is 0.407 e. The highest BCUT2D eigenvalue weighted by molar-refractivity contribution is 5.90. The number of methoxy groups -OCH3 is 1. The number of nitrogens with one attached hydrogen (secondary N) is 2. The number of nitrogens with zero attached hydrogens (tertiary/aromatic N) is 1. The van der Waals surface area contributed by atoms with Gasteiger partial charge in [-0.2, -0.15) is 0 Å². The monoisotopic (exact) mass is 459 g/mol. The van der Waals surface area contributed by atoms with E-state index in [0.717, 1.165) is 24.8 Å². The number of rotatable bonds is 10. The SMILES string of the molecule is COC(=O)C[C@H](NC(=O)CNC(=O)OCc1ccccc1)C(=O)Oc1ccc([N+](=O)[O-])cc1. The molecule has 0 saturated carbocycles. The molecule has 0 aromatic heterocycles. The molecule has 0 saturated heterocycles. The van der Waals surface area contributed by atoms with Crippen molar-refractivity contribution < 1.29 is 38.3 Å². The molecule has 33 heavy (non-hydrogen) atoms. The fraction of sp³-hybridized carbons (Fsp3) is 0.238. The number of nitro groups is 1. The van der Waals surface area contributed by atoms with Crippen molar-refractivity contribution in [1.82, 2.24) is 10.6 Å². The summed E-state index contributed by atoms with van der Waals surface area (Å²) >= 11 is 0. The lowest BCUT2D eigenvalue weighted by Gasteiger charge is -2.17. The van der Waals surface area contributed by atoms with Gasteiger partial charge in [-0.25, -0.2) is 9.59 Å². The second-order valence-electron chi connectivity index (χ2n) is 6.49. The van der Waals surface area contributed by atoms with Crippen LogP contribution in [0, 0.1) is 10.1 Å². The molecule has 2 aromatic carbocycles. The quantitative estimate of drug-likeness (QED) is 0.232. The summed E-state index contributed by atoms with van der Waals surface area (Å²) in [6.07, 6.45) is -1.39. The van der Waals surface area contributed by atoms with Crippen molar-refractivity contribution in [3.8, 4) is 5.75 Å². The predicted octanol–water partition coefficient (Wildman–Crippen LogP) is 1.47. The minimum atomic E-state index is -1.43. The molecule has 0 unspecified atom stereocenters. The lowest BCUT2D eigenvalue weighted by molar-refractivity contribution is -0.384. The van der Waals surface area contributed by atoms with Gasteiger partial charge in [-0.05, 0) is 17.7 Å². The van der Waals surface area contributed by atoms with Crippen molar-refractivity contribution in [2.45, 2.75) is 19.1 Å². The van der Waals surface area contributed by atoms with E-state index in [1.165, 1.54) is 12.1 Å². The van der Waals surface area contributed by atoms with Crippen molar-refractivity contribution >= 4 is 29.6 Å². The van der Waals surface area contributed by atoms with E-state index in [4.69, 9.17) is 9.47 Å². The second kappa shape index (κ2) is 12.4. The molecule has 0 aliphatic carbocycles. The van der Waals surface area contributed by atoms with Crippen molar-refractivity contribution in [3.05, 3.63) is 70.3 Å². The zero-order valence-electron chi connectivity index (χ0n) is 17.5. The first kappa shape index (κ1) is 24.8. The average molecular weight is 459 g/mol. The highest BCUT2D eigenvalue weighted by Crippen LogP contribution is 2.18. The number of esters is 2. The molecule has 174 valence electrons. The lowest BCUT2D eigenvalue weighted by atomic mass is 10.2. The van der Waals surface area contributed by atoms with E-state index >= 15 is 0 Å². The van der Waals surface area contributed by atoms with Gasteiger partial charge in [-0.1, -0.05) is 30.3 Å². The first-order valence-corrected chi connectivity index (χ1v) is 9.55. The summed E-state index contributed by atoms with van der Waals surface area (Å²) in [5.41, 5.74) is 0.545. The van der Waals surface area contributed by atoms with Crippen molar-refractivity contribution in [1.29, 1.82) is 0 Å². The largest absolute Gasteiger partial charge is 0.469 e. The average Bonchev–Trinajstić information content (AvgIpc) is 2.81. The summed E-state index contributed by atoms with van der Waals surface area (Å²) in [7, 11) is 1.10. The molecule has 1 atom stereocenters. The van der Waals surface area contributed by atoms with Crippen LogP contribution in [0.1, 0.15) is 12.0 Å². The van der Waals surface area contributed by atoms with Crippen molar-refractivity contribution in [2.75, 3.05) is 13.7 Å². The number of amides is 2. The van der Waals surface area contributed by atoms with Crippen LogP contribution >= 0.6 is 0 Å². The van der Waals surface area contributed by atoms with E-state index in [1.807, 2.05) is 6.07 Å². The number of non-ortho nitro benzene ring substituents is 1. The zero-order valence-corrected chi connectivity index (χ0v) is 17.5. The van der Waals surface area contributed by atoms with E-state index in [9.17, 15) is 29.3 Å². The summed E-state index contributed by atoms with van der Waals surface area (Å²) in [5.74, 6) is -2.62. The Morgan fingerprint density at radius 2 is 1.70 bits per heavy atom. The van der Waals surface area contributed by atoms with Crippen LogP contribution in [0.5, 0.6) is 5.75 Å². The van der Waals surface area contributed by atoms with Crippen LogP contribution in [0.15, 0.2) is 54.6 Å². The Morgan fingerprint density at radius 3 is 2.30 bits per heavy atom. The van der Waals surface area contributed by atoms with Gasteiger partial charge in [0.1, 0.15) is 24.9 Å². The number of nitro benzene ring substituents is 1. The normalized spacial score (nSPS) is 10.9. The van der Waals surface area contributed by atoms with E-state index < -0.39 is 47.9 Å². The van der Waals surface area contributed by atoms with Crippen molar-refractivity contribution in [3.63, 3.8) is 0 Å². The Hall–Kier alpha value is -4.48. The maximum atomic E-state index is 12.4. The van der Waals surface area contributed by atoms with Gasteiger partial charge >= 0.3 is 18.0 Å². The first-order chi connectivity index (χ1) is 15.8.